The van der Waals surface area contributed by atoms with Gasteiger partial charge < -0.3 is 4.57 Å². The summed E-state index contributed by atoms with van der Waals surface area (Å²) in [6.45, 7) is 4.81. The molecule has 0 spiro atoms. The van der Waals surface area contributed by atoms with Crippen LogP contribution < -0.4 is 10.9 Å². The van der Waals surface area contributed by atoms with Gasteiger partial charge in [-0.15, -0.1) is 11.8 Å². The van der Waals surface area contributed by atoms with E-state index in [2.05, 4.69) is 27.3 Å². The zero-order valence-electron chi connectivity index (χ0n) is 16.4. The van der Waals surface area contributed by atoms with Crippen molar-refractivity contribution in [3.8, 4) is 0 Å². The first kappa shape index (κ1) is 21.2. The van der Waals surface area contributed by atoms with Crippen LogP contribution >= 0.6 is 23.4 Å². The van der Waals surface area contributed by atoms with Gasteiger partial charge in [0, 0.05) is 28.4 Å². The Morgan fingerprint density at radius 3 is 2.62 bits per heavy atom. The number of hydrogen-bond acceptors (Lipinski definition) is 4. The molecular formula is C21H23ClN4O2S. The van der Waals surface area contributed by atoms with Crippen molar-refractivity contribution < 1.29 is 9.59 Å². The molecule has 1 aromatic heterocycles. The summed E-state index contributed by atoms with van der Waals surface area (Å²) in [5, 5.41) is 0.706. The molecule has 1 heterocycles. The van der Waals surface area contributed by atoms with E-state index in [4.69, 9.17) is 11.6 Å². The molecule has 0 bridgehead atoms. The summed E-state index contributed by atoms with van der Waals surface area (Å²) in [5.74, 6) is 1.13. The Balaban J connectivity index is 1.44. The normalized spacial score (nSPS) is 10.9. The Morgan fingerprint density at radius 2 is 1.90 bits per heavy atom. The molecule has 0 radical (unpaired) electrons. The molecular weight excluding hydrogens is 408 g/mol. The number of aromatic nitrogens is 2. The number of thioether (sulfide) groups is 1. The number of nitrogens with one attached hydrogen (secondary N) is 2. The molecule has 3 rings (SSSR count). The van der Waals surface area contributed by atoms with Gasteiger partial charge in [0.05, 0.1) is 11.0 Å². The molecule has 29 heavy (non-hydrogen) atoms. The highest BCUT2D eigenvalue weighted by molar-refractivity contribution is 7.99. The molecule has 3 aromatic rings. The maximum Gasteiger partial charge on any atom is 0.269 e. The quantitative estimate of drug-likeness (QED) is 0.332. The third-order valence-electron chi connectivity index (χ3n) is 4.46. The van der Waals surface area contributed by atoms with Gasteiger partial charge in [0.25, 0.3) is 5.91 Å². The van der Waals surface area contributed by atoms with Crippen LogP contribution in [0.4, 0.5) is 0 Å². The third-order valence-corrected chi connectivity index (χ3v) is 5.81. The Morgan fingerprint density at radius 1 is 1.14 bits per heavy atom. The minimum atomic E-state index is -0.362. The van der Waals surface area contributed by atoms with E-state index >= 15 is 0 Å². The minimum absolute atomic E-state index is 0.220. The number of nitrogens with zero attached hydrogens (tertiary/aromatic N) is 2. The number of aryl methyl sites for hydroxylation is 2. The molecule has 0 aliphatic rings. The van der Waals surface area contributed by atoms with Crippen LogP contribution in [0.5, 0.6) is 0 Å². The standard InChI is InChI=1S/C21H23ClN4O2S/c1-3-26-14(2)23-18-13-15(6-11-19(18)26)21(28)25-24-20(27)5-4-12-29-17-9-7-16(22)8-10-17/h6-11,13H,3-5,12H2,1-2H3,(H,24,27)(H,25,28). The topological polar surface area (TPSA) is 76.0 Å². The highest BCUT2D eigenvalue weighted by Gasteiger charge is 2.11. The number of hydrogen-bond donors (Lipinski definition) is 2. The summed E-state index contributed by atoms with van der Waals surface area (Å²) < 4.78 is 2.08. The van der Waals surface area contributed by atoms with Gasteiger partial charge in [-0.05, 0) is 68.5 Å². The lowest BCUT2D eigenvalue weighted by molar-refractivity contribution is -0.121. The van der Waals surface area contributed by atoms with Gasteiger partial charge in [-0.25, -0.2) is 4.98 Å². The number of benzene rings is 2. The predicted octanol–water partition coefficient (Wildman–Crippen LogP) is 4.35. The summed E-state index contributed by atoms with van der Waals surface area (Å²) >= 11 is 7.52. The van der Waals surface area contributed by atoms with Gasteiger partial charge in [0.1, 0.15) is 5.82 Å². The van der Waals surface area contributed by atoms with Crippen molar-refractivity contribution >= 4 is 46.2 Å². The number of carbonyl (C=O) groups is 2. The first-order valence-electron chi connectivity index (χ1n) is 9.42. The highest BCUT2D eigenvalue weighted by Crippen LogP contribution is 2.21. The fourth-order valence-corrected chi connectivity index (χ4v) is 3.98. The van der Waals surface area contributed by atoms with E-state index in [9.17, 15) is 9.59 Å². The summed E-state index contributed by atoms with van der Waals surface area (Å²) in [6, 6.07) is 12.9. The van der Waals surface area contributed by atoms with Crippen molar-refractivity contribution in [2.24, 2.45) is 0 Å². The molecule has 152 valence electrons. The first-order valence-corrected chi connectivity index (χ1v) is 10.8. The second-order valence-electron chi connectivity index (χ2n) is 6.52. The lowest BCUT2D eigenvalue weighted by Crippen LogP contribution is -2.41. The Bertz CT molecular complexity index is 1020. The van der Waals surface area contributed by atoms with Gasteiger partial charge in [-0.3, -0.25) is 20.4 Å². The monoisotopic (exact) mass is 430 g/mol. The third kappa shape index (κ3) is 5.52. The molecule has 0 fully saturated rings. The molecule has 0 atom stereocenters. The minimum Gasteiger partial charge on any atom is -0.329 e. The van der Waals surface area contributed by atoms with Crippen LogP contribution in [0, 0.1) is 6.92 Å². The second kappa shape index (κ2) is 9.80. The zero-order chi connectivity index (χ0) is 20.8. The fourth-order valence-electron chi connectivity index (χ4n) is 3.01. The number of amides is 2. The molecule has 0 saturated heterocycles. The van der Waals surface area contributed by atoms with Crippen molar-refractivity contribution in [3.63, 3.8) is 0 Å². The molecule has 0 unspecified atom stereocenters. The van der Waals surface area contributed by atoms with Crippen molar-refractivity contribution in [3.05, 3.63) is 58.9 Å². The van der Waals surface area contributed by atoms with Crippen LogP contribution in [0.1, 0.15) is 35.9 Å². The number of rotatable bonds is 7. The molecule has 8 heteroatoms. The molecule has 0 saturated carbocycles. The number of imidazole rings is 1. The Kier molecular flexibility index (Phi) is 7.17. The van der Waals surface area contributed by atoms with Gasteiger partial charge >= 0.3 is 0 Å². The van der Waals surface area contributed by atoms with E-state index in [-0.39, 0.29) is 11.8 Å². The molecule has 0 aliphatic carbocycles. The van der Waals surface area contributed by atoms with E-state index < -0.39 is 0 Å². The maximum atomic E-state index is 12.3. The van der Waals surface area contributed by atoms with Gasteiger partial charge in [-0.2, -0.15) is 0 Å². The Hall–Kier alpha value is -2.51. The van der Waals surface area contributed by atoms with Crippen LogP contribution in [-0.4, -0.2) is 27.1 Å². The summed E-state index contributed by atoms with van der Waals surface area (Å²) in [6.07, 6.45) is 1.04. The van der Waals surface area contributed by atoms with E-state index in [1.165, 1.54) is 0 Å². The van der Waals surface area contributed by atoms with E-state index in [0.717, 1.165) is 34.1 Å². The van der Waals surface area contributed by atoms with Crippen LogP contribution in [0.2, 0.25) is 5.02 Å². The summed E-state index contributed by atoms with van der Waals surface area (Å²) in [7, 11) is 0. The maximum absolute atomic E-state index is 12.3. The summed E-state index contributed by atoms with van der Waals surface area (Å²) in [5.41, 5.74) is 7.15. The lowest BCUT2D eigenvalue weighted by Gasteiger charge is -2.08. The first-order chi connectivity index (χ1) is 14.0. The number of hydrazine groups is 1. The largest absolute Gasteiger partial charge is 0.329 e. The lowest BCUT2D eigenvalue weighted by atomic mass is 10.2. The second-order valence-corrected chi connectivity index (χ2v) is 8.12. The number of carbonyl (C=O) groups excluding carboxylic acids is 2. The van der Waals surface area contributed by atoms with Crippen molar-refractivity contribution in [2.75, 3.05) is 5.75 Å². The van der Waals surface area contributed by atoms with Gasteiger partial charge in [0.15, 0.2) is 0 Å². The van der Waals surface area contributed by atoms with Gasteiger partial charge in [0.2, 0.25) is 5.91 Å². The highest BCUT2D eigenvalue weighted by atomic mass is 35.5. The van der Waals surface area contributed by atoms with Crippen molar-refractivity contribution in [1.82, 2.24) is 20.4 Å². The fraction of sp³-hybridized carbons (Fsp3) is 0.286. The van der Waals surface area contributed by atoms with Crippen molar-refractivity contribution in [2.45, 2.75) is 38.1 Å². The molecule has 2 aromatic carbocycles. The van der Waals surface area contributed by atoms with Crippen LogP contribution in [0.25, 0.3) is 11.0 Å². The zero-order valence-corrected chi connectivity index (χ0v) is 17.9. The molecule has 2 N–H and O–H groups in total. The average molecular weight is 431 g/mol. The summed E-state index contributed by atoms with van der Waals surface area (Å²) in [4.78, 5) is 29.9. The predicted molar refractivity (Wildman–Crippen MR) is 117 cm³/mol. The van der Waals surface area contributed by atoms with Crippen LogP contribution in [0.15, 0.2) is 47.4 Å². The van der Waals surface area contributed by atoms with E-state index in [1.54, 1.807) is 23.9 Å². The number of fused-ring (bicyclic) bond motifs is 1. The SMILES string of the molecule is CCn1c(C)nc2cc(C(=O)NNC(=O)CCCSc3ccc(Cl)cc3)ccc21. The van der Waals surface area contributed by atoms with Crippen molar-refractivity contribution in [1.29, 1.82) is 0 Å². The molecule has 6 nitrogen and oxygen atoms in total. The van der Waals surface area contributed by atoms with Crippen LogP contribution in [-0.2, 0) is 11.3 Å². The van der Waals surface area contributed by atoms with E-state index in [0.29, 0.717) is 23.4 Å². The smallest absolute Gasteiger partial charge is 0.269 e. The average Bonchev–Trinajstić information content (AvgIpc) is 3.04. The molecule has 2 amide bonds. The Labute approximate surface area is 179 Å². The van der Waals surface area contributed by atoms with Gasteiger partial charge in [-0.1, -0.05) is 11.6 Å². The van der Waals surface area contributed by atoms with Crippen LogP contribution in [0.3, 0.4) is 0 Å². The van der Waals surface area contributed by atoms with E-state index in [1.807, 2.05) is 37.3 Å². The number of halogens is 1. The molecule has 0 aliphatic heterocycles.